The molecule has 0 aliphatic carbocycles. The van der Waals surface area contributed by atoms with Crippen molar-refractivity contribution in [1.82, 2.24) is 4.90 Å². The van der Waals surface area contributed by atoms with E-state index in [4.69, 9.17) is 15.4 Å². The molecule has 1 atom stereocenters. The van der Waals surface area contributed by atoms with Crippen LogP contribution in [-0.4, -0.2) is 45.5 Å². The number of hydrogen-bond acceptors (Lipinski definition) is 4. The Balaban J connectivity index is 2.40. The summed E-state index contributed by atoms with van der Waals surface area (Å²) in [7, 11) is 3.09. The maximum Gasteiger partial charge on any atom is 0.262 e. The van der Waals surface area contributed by atoms with Crippen LogP contribution in [0, 0.1) is 6.92 Å². The van der Waals surface area contributed by atoms with Gasteiger partial charge in [-0.15, -0.1) is 0 Å². The van der Waals surface area contributed by atoms with Gasteiger partial charge < -0.3 is 9.64 Å². The van der Waals surface area contributed by atoms with Gasteiger partial charge >= 0.3 is 0 Å². The van der Waals surface area contributed by atoms with Crippen LogP contribution in [0.4, 0.5) is 0 Å². The van der Waals surface area contributed by atoms with Crippen molar-refractivity contribution in [3.8, 4) is 0 Å². The lowest BCUT2D eigenvalue weighted by Gasteiger charge is -2.24. The van der Waals surface area contributed by atoms with Gasteiger partial charge in [-0.2, -0.15) is 0 Å². The highest BCUT2D eigenvalue weighted by Crippen LogP contribution is 2.24. The molecule has 0 spiro atoms. The summed E-state index contributed by atoms with van der Waals surface area (Å²) in [5, 5.41) is 0. The molecule has 2 rings (SSSR count). The molecule has 1 aliphatic rings. The quantitative estimate of drug-likeness (QED) is 0.797. The van der Waals surface area contributed by atoms with Crippen LogP contribution in [0.3, 0.4) is 0 Å². The predicted molar refractivity (Wildman–Crippen MR) is 75.5 cm³/mol. The molecule has 1 aromatic rings. The standard InChI is InChI=1S/C13H16ClNO4S/c1-9-3-4-12(20(14,17)18)11(7-9)13(16)15(2)10-5-6-19-8-10/h3-4,7,10H,5-6,8H2,1-2H3. The average Bonchev–Trinajstić information content (AvgIpc) is 2.89. The molecule has 1 fully saturated rings. The van der Waals surface area contributed by atoms with E-state index in [-0.39, 0.29) is 22.4 Å². The first kappa shape index (κ1) is 15.3. The van der Waals surface area contributed by atoms with Gasteiger partial charge in [0.15, 0.2) is 0 Å². The zero-order chi connectivity index (χ0) is 14.9. The summed E-state index contributed by atoms with van der Waals surface area (Å²) >= 11 is 0. The summed E-state index contributed by atoms with van der Waals surface area (Å²) < 4.78 is 28.4. The van der Waals surface area contributed by atoms with Gasteiger partial charge in [0.25, 0.3) is 15.0 Å². The van der Waals surface area contributed by atoms with Crippen LogP contribution in [0.25, 0.3) is 0 Å². The summed E-state index contributed by atoms with van der Waals surface area (Å²) in [6, 6.07) is 4.49. The number of likely N-dealkylation sites (N-methyl/N-ethyl adjacent to an activating group) is 1. The third-order valence-corrected chi connectivity index (χ3v) is 4.78. The summed E-state index contributed by atoms with van der Waals surface area (Å²) in [6.45, 7) is 2.87. The molecule has 1 aliphatic heterocycles. The molecule has 1 amide bonds. The van der Waals surface area contributed by atoms with E-state index >= 15 is 0 Å². The van der Waals surface area contributed by atoms with Crippen molar-refractivity contribution in [2.45, 2.75) is 24.3 Å². The van der Waals surface area contributed by atoms with Crippen LogP contribution in [0.15, 0.2) is 23.1 Å². The Morgan fingerprint density at radius 1 is 1.45 bits per heavy atom. The summed E-state index contributed by atoms with van der Waals surface area (Å²) in [6.07, 6.45) is 0.747. The van der Waals surface area contributed by atoms with Gasteiger partial charge in [0.1, 0.15) is 0 Å². The monoisotopic (exact) mass is 317 g/mol. The predicted octanol–water partition coefficient (Wildman–Crippen LogP) is 1.78. The highest BCUT2D eigenvalue weighted by atomic mass is 35.7. The van der Waals surface area contributed by atoms with E-state index in [0.717, 1.165) is 12.0 Å². The normalized spacial score (nSPS) is 19.1. The fourth-order valence-corrected chi connectivity index (χ4v) is 3.25. The SMILES string of the molecule is Cc1ccc(S(=O)(=O)Cl)c(C(=O)N(C)C2CCOC2)c1. The number of rotatable bonds is 3. The Bertz CT molecular complexity index is 623. The Morgan fingerprint density at radius 2 is 2.15 bits per heavy atom. The first-order chi connectivity index (χ1) is 9.30. The van der Waals surface area contributed by atoms with Crippen LogP contribution >= 0.6 is 10.7 Å². The largest absolute Gasteiger partial charge is 0.379 e. The number of ether oxygens (including phenoxy) is 1. The molecule has 1 unspecified atom stereocenters. The lowest BCUT2D eigenvalue weighted by molar-refractivity contribution is 0.0707. The van der Waals surface area contributed by atoms with Gasteiger partial charge in [0, 0.05) is 24.3 Å². The minimum atomic E-state index is -3.96. The van der Waals surface area contributed by atoms with Crippen LogP contribution in [0.5, 0.6) is 0 Å². The Labute approximate surface area is 122 Å². The van der Waals surface area contributed by atoms with Crippen LogP contribution in [-0.2, 0) is 13.8 Å². The third kappa shape index (κ3) is 3.13. The number of carbonyl (C=O) groups excluding carboxylic acids is 1. The molecular formula is C13H16ClNO4S. The maximum absolute atomic E-state index is 12.5. The molecule has 1 saturated heterocycles. The van der Waals surface area contributed by atoms with Crippen LogP contribution < -0.4 is 0 Å². The molecule has 0 saturated carbocycles. The van der Waals surface area contributed by atoms with E-state index in [9.17, 15) is 13.2 Å². The van der Waals surface area contributed by atoms with Gasteiger partial charge in [-0.05, 0) is 25.5 Å². The molecule has 20 heavy (non-hydrogen) atoms. The number of carbonyl (C=O) groups is 1. The van der Waals surface area contributed by atoms with E-state index in [0.29, 0.717) is 13.2 Å². The summed E-state index contributed by atoms with van der Waals surface area (Å²) in [5.41, 5.74) is 0.905. The van der Waals surface area contributed by atoms with E-state index < -0.39 is 9.05 Å². The Hall–Kier alpha value is -1.11. The maximum atomic E-state index is 12.5. The van der Waals surface area contributed by atoms with Crippen molar-refractivity contribution in [3.05, 3.63) is 29.3 Å². The van der Waals surface area contributed by atoms with Gasteiger partial charge in [0.2, 0.25) is 0 Å². The fraction of sp³-hybridized carbons (Fsp3) is 0.462. The molecule has 110 valence electrons. The molecule has 7 heteroatoms. The second kappa shape index (κ2) is 5.71. The molecular weight excluding hydrogens is 302 g/mol. The Kier molecular flexibility index (Phi) is 4.36. The zero-order valence-corrected chi connectivity index (χ0v) is 12.9. The third-order valence-electron chi connectivity index (χ3n) is 3.40. The fourth-order valence-electron chi connectivity index (χ4n) is 2.21. The first-order valence-electron chi connectivity index (χ1n) is 6.21. The van der Waals surface area contributed by atoms with E-state index in [1.807, 2.05) is 0 Å². The number of amides is 1. The number of halogens is 1. The molecule has 1 aromatic carbocycles. The van der Waals surface area contributed by atoms with Gasteiger partial charge in [-0.3, -0.25) is 4.79 Å². The number of aryl methyl sites for hydroxylation is 1. The lowest BCUT2D eigenvalue weighted by Crippen LogP contribution is -2.37. The second-order valence-electron chi connectivity index (χ2n) is 4.87. The molecule has 0 N–H and O–H groups in total. The minimum Gasteiger partial charge on any atom is -0.379 e. The molecule has 0 radical (unpaired) electrons. The second-order valence-corrected chi connectivity index (χ2v) is 7.41. The number of nitrogens with zero attached hydrogens (tertiary/aromatic N) is 1. The van der Waals surface area contributed by atoms with Gasteiger partial charge in [-0.1, -0.05) is 11.6 Å². The van der Waals surface area contributed by atoms with E-state index in [2.05, 4.69) is 0 Å². The molecule has 0 aromatic heterocycles. The Morgan fingerprint density at radius 3 is 2.70 bits per heavy atom. The number of benzene rings is 1. The van der Waals surface area contributed by atoms with Crippen molar-refractivity contribution in [1.29, 1.82) is 0 Å². The highest BCUT2D eigenvalue weighted by molar-refractivity contribution is 8.13. The van der Waals surface area contributed by atoms with Crippen LogP contribution in [0.2, 0.25) is 0 Å². The van der Waals surface area contributed by atoms with Crippen LogP contribution in [0.1, 0.15) is 22.3 Å². The lowest BCUT2D eigenvalue weighted by atomic mass is 10.1. The smallest absolute Gasteiger partial charge is 0.262 e. The van der Waals surface area contributed by atoms with E-state index in [1.165, 1.54) is 11.0 Å². The highest BCUT2D eigenvalue weighted by Gasteiger charge is 2.28. The van der Waals surface area contributed by atoms with Crippen molar-refractivity contribution < 1.29 is 17.9 Å². The molecule has 1 heterocycles. The molecule has 5 nitrogen and oxygen atoms in total. The van der Waals surface area contributed by atoms with E-state index in [1.54, 1.807) is 26.1 Å². The van der Waals surface area contributed by atoms with Crippen molar-refractivity contribution in [2.75, 3.05) is 20.3 Å². The van der Waals surface area contributed by atoms with Gasteiger partial charge in [-0.25, -0.2) is 8.42 Å². The molecule has 0 bridgehead atoms. The zero-order valence-electron chi connectivity index (χ0n) is 11.3. The number of hydrogen-bond donors (Lipinski definition) is 0. The topological polar surface area (TPSA) is 63.7 Å². The van der Waals surface area contributed by atoms with Gasteiger partial charge in [0.05, 0.1) is 23.1 Å². The van der Waals surface area contributed by atoms with Crippen molar-refractivity contribution in [3.63, 3.8) is 0 Å². The summed E-state index contributed by atoms with van der Waals surface area (Å²) in [4.78, 5) is 13.9. The van der Waals surface area contributed by atoms with Crippen molar-refractivity contribution >= 4 is 25.6 Å². The van der Waals surface area contributed by atoms with Crippen molar-refractivity contribution in [2.24, 2.45) is 0 Å². The minimum absolute atomic E-state index is 0.0334. The average molecular weight is 318 g/mol. The summed E-state index contributed by atoms with van der Waals surface area (Å²) in [5.74, 6) is -0.358. The first-order valence-corrected chi connectivity index (χ1v) is 8.52.